The zero-order valence-electron chi connectivity index (χ0n) is 10.1. The van der Waals surface area contributed by atoms with Crippen LogP contribution in [0.15, 0.2) is 24.3 Å². The third-order valence-electron chi connectivity index (χ3n) is 1.98. The van der Waals surface area contributed by atoms with Crippen molar-refractivity contribution in [2.75, 3.05) is 7.05 Å². The lowest BCUT2D eigenvalue weighted by molar-refractivity contribution is 0.410. The molecule has 1 nitrogen and oxygen atoms in total. The molecule has 0 unspecified atom stereocenters. The molecule has 14 heavy (non-hydrogen) atoms. The second-order valence-electron chi connectivity index (χ2n) is 4.66. The van der Waals surface area contributed by atoms with E-state index in [1.165, 1.54) is 24.6 Å². The smallest absolute Gasteiger partial charge is 0.0195 e. The topological polar surface area (TPSA) is 26.0 Å². The van der Waals surface area contributed by atoms with Crippen molar-refractivity contribution >= 4 is 0 Å². The molecule has 0 aliphatic carbocycles. The molecular weight excluding hydrogens is 170 g/mol. The van der Waals surface area contributed by atoms with Gasteiger partial charge in [-0.05, 0) is 36.9 Å². The van der Waals surface area contributed by atoms with Gasteiger partial charge in [0.25, 0.3) is 0 Å². The summed E-state index contributed by atoms with van der Waals surface area (Å²) in [6.45, 7) is 9.01. The summed E-state index contributed by atoms with van der Waals surface area (Å²) in [4.78, 5) is 0. The molecule has 0 fully saturated rings. The Morgan fingerprint density at radius 3 is 2.00 bits per heavy atom. The molecular formula is C13H23N. The summed E-state index contributed by atoms with van der Waals surface area (Å²) in [5, 5.41) is 0. The number of nitrogens with two attached hydrogens (primary N) is 1. The molecule has 1 heteroatoms. The van der Waals surface area contributed by atoms with Crippen LogP contribution < -0.4 is 5.73 Å². The van der Waals surface area contributed by atoms with Crippen molar-refractivity contribution in [3.05, 3.63) is 35.4 Å². The van der Waals surface area contributed by atoms with Crippen LogP contribution in [-0.2, 0) is 6.42 Å². The van der Waals surface area contributed by atoms with Gasteiger partial charge in [-0.25, -0.2) is 0 Å². The Bertz CT molecular complexity index is 258. The molecule has 1 rings (SSSR count). The van der Waals surface area contributed by atoms with E-state index in [0.717, 1.165) is 0 Å². The Morgan fingerprint density at radius 2 is 1.57 bits per heavy atom. The summed E-state index contributed by atoms with van der Waals surface area (Å²) in [6.07, 6.45) is 1.17. The van der Waals surface area contributed by atoms with Gasteiger partial charge in [-0.2, -0.15) is 0 Å². The number of aryl methyl sites for hydroxylation is 1. The van der Waals surface area contributed by atoms with Crippen LogP contribution in [0.25, 0.3) is 0 Å². The highest BCUT2D eigenvalue weighted by Gasteiger charge is 2.11. The third kappa shape index (κ3) is 5.03. The van der Waals surface area contributed by atoms with E-state index in [1.807, 2.05) is 0 Å². The van der Waals surface area contributed by atoms with Gasteiger partial charge in [0.1, 0.15) is 0 Å². The van der Waals surface area contributed by atoms with Crippen molar-refractivity contribution in [1.82, 2.24) is 0 Å². The zero-order valence-corrected chi connectivity index (χ0v) is 10.1. The first-order chi connectivity index (χ1) is 6.49. The fraction of sp³-hybridized carbons (Fsp3) is 0.538. The van der Waals surface area contributed by atoms with Crippen LogP contribution in [0.4, 0.5) is 0 Å². The first-order valence-corrected chi connectivity index (χ1v) is 5.11. The Hall–Kier alpha value is -0.820. The van der Waals surface area contributed by atoms with Gasteiger partial charge in [-0.1, -0.05) is 45.0 Å². The van der Waals surface area contributed by atoms with E-state index in [1.54, 1.807) is 0 Å². The van der Waals surface area contributed by atoms with Gasteiger partial charge < -0.3 is 5.73 Å². The maximum absolute atomic E-state index is 4.50. The summed E-state index contributed by atoms with van der Waals surface area (Å²) >= 11 is 0. The van der Waals surface area contributed by atoms with E-state index in [-0.39, 0.29) is 0 Å². The van der Waals surface area contributed by atoms with Crippen molar-refractivity contribution < 1.29 is 0 Å². The van der Waals surface area contributed by atoms with Crippen LogP contribution >= 0.6 is 0 Å². The lowest BCUT2D eigenvalue weighted by Crippen LogP contribution is -2.09. The second kappa shape index (κ2) is 5.82. The highest BCUT2D eigenvalue weighted by molar-refractivity contribution is 5.26. The summed E-state index contributed by atoms with van der Waals surface area (Å²) in [5.41, 5.74) is 7.78. The maximum atomic E-state index is 4.50. The molecule has 0 aliphatic rings. The summed E-state index contributed by atoms with van der Waals surface area (Å²) in [6, 6.07) is 8.62. The number of benzene rings is 1. The van der Waals surface area contributed by atoms with E-state index in [4.69, 9.17) is 0 Å². The quantitative estimate of drug-likeness (QED) is 0.728. The molecule has 0 spiro atoms. The van der Waals surface area contributed by atoms with E-state index in [0.29, 0.717) is 5.41 Å². The first kappa shape index (κ1) is 13.2. The Kier molecular flexibility index (Phi) is 5.47. The monoisotopic (exact) mass is 193 g/mol. The van der Waals surface area contributed by atoms with Gasteiger partial charge in [-0.3, -0.25) is 0 Å². The normalized spacial score (nSPS) is 10.4. The summed E-state index contributed by atoms with van der Waals surface area (Å²) in [7, 11) is 1.50. The fourth-order valence-corrected chi connectivity index (χ4v) is 1.38. The summed E-state index contributed by atoms with van der Waals surface area (Å²) < 4.78 is 0. The van der Waals surface area contributed by atoms with Crippen LogP contribution in [0.1, 0.15) is 31.9 Å². The molecule has 0 amide bonds. The molecule has 0 saturated carbocycles. The van der Waals surface area contributed by atoms with Crippen molar-refractivity contribution in [1.29, 1.82) is 0 Å². The van der Waals surface area contributed by atoms with Gasteiger partial charge in [0.05, 0.1) is 0 Å². The molecule has 80 valence electrons. The number of hydrogen-bond acceptors (Lipinski definition) is 1. The molecule has 0 heterocycles. The van der Waals surface area contributed by atoms with Crippen molar-refractivity contribution in [3.8, 4) is 0 Å². The van der Waals surface area contributed by atoms with Crippen LogP contribution in [0.2, 0.25) is 0 Å². The minimum Gasteiger partial charge on any atom is -0.333 e. The van der Waals surface area contributed by atoms with E-state index >= 15 is 0 Å². The molecule has 0 saturated heterocycles. The molecule has 0 radical (unpaired) electrons. The lowest BCUT2D eigenvalue weighted by Gasteiger charge is -2.19. The SMILES string of the molecule is CN.Cc1ccccc1CC(C)(C)C. The molecule has 1 aromatic carbocycles. The van der Waals surface area contributed by atoms with Gasteiger partial charge in [-0.15, -0.1) is 0 Å². The van der Waals surface area contributed by atoms with Gasteiger partial charge in [0.2, 0.25) is 0 Å². The number of rotatable bonds is 1. The Labute approximate surface area is 88.3 Å². The lowest BCUT2D eigenvalue weighted by atomic mass is 9.86. The first-order valence-electron chi connectivity index (χ1n) is 5.11. The van der Waals surface area contributed by atoms with Gasteiger partial charge in [0, 0.05) is 0 Å². The minimum atomic E-state index is 0.395. The Balaban J connectivity index is 0.000000791. The van der Waals surface area contributed by atoms with Crippen LogP contribution in [0.3, 0.4) is 0 Å². The predicted octanol–water partition coefficient (Wildman–Crippen LogP) is 3.16. The van der Waals surface area contributed by atoms with E-state index in [9.17, 15) is 0 Å². The maximum Gasteiger partial charge on any atom is -0.0195 e. The van der Waals surface area contributed by atoms with Crippen LogP contribution in [-0.4, -0.2) is 7.05 Å². The predicted molar refractivity (Wildman–Crippen MR) is 64.4 cm³/mol. The Morgan fingerprint density at radius 1 is 1.07 bits per heavy atom. The molecule has 0 atom stereocenters. The van der Waals surface area contributed by atoms with E-state index in [2.05, 4.69) is 57.7 Å². The molecule has 0 aromatic heterocycles. The average molecular weight is 193 g/mol. The molecule has 1 aromatic rings. The second-order valence-corrected chi connectivity index (χ2v) is 4.66. The summed E-state index contributed by atoms with van der Waals surface area (Å²) in [5.74, 6) is 0. The standard InChI is InChI=1S/C12H18.CH5N/c1-10-7-5-6-8-11(10)9-12(2,3)4;1-2/h5-8H,9H2,1-4H3;2H2,1H3. The van der Waals surface area contributed by atoms with Crippen molar-refractivity contribution in [2.45, 2.75) is 34.1 Å². The molecule has 0 aliphatic heterocycles. The van der Waals surface area contributed by atoms with Crippen LogP contribution in [0, 0.1) is 12.3 Å². The van der Waals surface area contributed by atoms with Gasteiger partial charge >= 0.3 is 0 Å². The minimum absolute atomic E-state index is 0.395. The van der Waals surface area contributed by atoms with Crippen molar-refractivity contribution in [3.63, 3.8) is 0 Å². The fourth-order valence-electron chi connectivity index (χ4n) is 1.38. The average Bonchev–Trinajstić information content (AvgIpc) is 2.10. The van der Waals surface area contributed by atoms with Crippen molar-refractivity contribution in [2.24, 2.45) is 11.1 Å². The number of hydrogen-bond donors (Lipinski definition) is 1. The molecule has 2 N–H and O–H groups in total. The highest BCUT2D eigenvalue weighted by atomic mass is 14.4. The largest absolute Gasteiger partial charge is 0.333 e. The molecule has 0 bridgehead atoms. The van der Waals surface area contributed by atoms with Crippen LogP contribution in [0.5, 0.6) is 0 Å². The zero-order chi connectivity index (χ0) is 11.2. The van der Waals surface area contributed by atoms with E-state index < -0.39 is 0 Å². The highest BCUT2D eigenvalue weighted by Crippen LogP contribution is 2.22. The third-order valence-corrected chi connectivity index (χ3v) is 1.98. The van der Waals surface area contributed by atoms with Gasteiger partial charge in [0.15, 0.2) is 0 Å².